The summed E-state index contributed by atoms with van der Waals surface area (Å²) in [7, 11) is 0. The molecule has 1 aliphatic rings. The standard InChI is InChI=1S/C24H26N4O/c1-3-27(4-2)24(29)21-16-22(26-23(25-21)19-11-6-5-7-12-19)28-15-14-18-10-8-9-13-20(18)17-28/h5-13,16H,3-4,14-15,17H2,1-2H3. The topological polar surface area (TPSA) is 49.3 Å². The molecule has 148 valence electrons. The van der Waals surface area contributed by atoms with Crippen molar-refractivity contribution in [3.05, 3.63) is 77.5 Å². The molecule has 1 aliphatic heterocycles. The van der Waals surface area contributed by atoms with Gasteiger partial charge in [-0.3, -0.25) is 4.79 Å². The number of carbonyl (C=O) groups excluding carboxylic acids is 1. The van der Waals surface area contributed by atoms with Crippen LogP contribution in [0.2, 0.25) is 0 Å². The summed E-state index contributed by atoms with van der Waals surface area (Å²) in [5, 5.41) is 0. The molecule has 0 saturated heterocycles. The molecule has 0 atom stereocenters. The first kappa shape index (κ1) is 19.1. The summed E-state index contributed by atoms with van der Waals surface area (Å²) >= 11 is 0. The molecular weight excluding hydrogens is 360 g/mol. The van der Waals surface area contributed by atoms with E-state index in [9.17, 15) is 4.79 Å². The van der Waals surface area contributed by atoms with Gasteiger partial charge in [0, 0.05) is 37.8 Å². The summed E-state index contributed by atoms with van der Waals surface area (Å²) in [5.74, 6) is 1.36. The summed E-state index contributed by atoms with van der Waals surface area (Å²) in [6, 6.07) is 20.2. The van der Waals surface area contributed by atoms with E-state index in [1.165, 1.54) is 11.1 Å². The van der Waals surface area contributed by atoms with Crippen molar-refractivity contribution in [2.75, 3.05) is 24.5 Å². The van der Waals surface area contributed by atoms with Gasteiger partial charge in [0.05, 0.1) is 0 Å². The molecule has 5 heteroatoms. The van der Waals surface area contributed by atoms with Crippen molar-refractivity contribution in [3.63, 3.8) is 0 Å². The number of rotatable bonds is 5. The second kappa shape index (κ2) is 8.43. The Morgan fingerprint density at radius 2 is 1.66 bits per heavy atom. The number of nitrogens with zero attached hydrogens (tertiary/aromatic N) is 4. The Labute approximate surface area is 172 Å². The second-order valence-corrected chi connectivity index (χ2v) is 7.22. The minimum Gasteiger partial charge on any atom is -0.352 e. The molecule has 1 aromatic heterocycles. The van der Waals surface area contributed by atoms with E-state index < -0.39 is 0 Å². The van der Waals surface area contributed by atoms with Crippen molar-refractivity contribution in [2.45, 2.75) is 26.8 Å². The second-order valence-electron chi connectivity index (χ2n) is 7.22. The van der Waals surface area contributed by atoms with Crippen LogP contribution in [-0.4, -0.2) is 40.4 Å². The number of hydrogen-bond donors (Lipinski definition) is 0. The Kier molecular flexibility index (Phi) is 5.56. The van der Waals surface area contributed by atoms with Gasteiger partial charge in [-0.15, -0.1) is 0 Å². The van der Waals surface area contributed by atoms with E-state index in [0.29, 0.717) is 24.6 Å². The predicted molar refractivity (Wildman–Crippen MR) is 116 cm³/mol. The van der Waals surface area contributed by atoms with Gasteiger partial charge in [-0.1, -0.05) is 54.6 Å². The Hall–Kier alpha value is -3.21. The molecule has 0 N–H and O–H groups in total. The molecular formula is C24H26N4O. The predicted octanol–water partition coefficient (Wildman–Crippen LogP) is 4.19. The maximum atomic E-state index is 13.0. The number of anilines is 1. The SMILES string of the molecule is CCN(CC)C(=O)c1cc(N2CCc3ccccc3C2)nc(-c2ccccc2)n1. The first-order valence-corrected chi connectivity index (χ1v) is 10.2. The fraction of sp³-hybridized carbons (Fsp3) is 0.292. The number of amides is 1. The van der Waals surface area contributed by atoms with Crippen LogP contribution >= 0.6 is 0 Å². The highest BCUT2D eigenvalue weighted by atomic mass is 16.2. The minimum absolute atomic E-state index is 0.0479. The summed E-state index contributed by atoms with van der Waals surface area (Å²) in [4.78, 5) is 26.6. The highest BCUT2D eigenvalue weighted by Gasteiger charge is 2.22. The maximum Gasteiger partial charge on any atom is 0.272 e. The van der Waals surface area contributed by atoms with Crippen molar-refractivity contribution in [1.82, 2.24) is 14.9 Å². The zero-order valence-electron chi connectivity index (χ0n) is 17.0. The highest BCUT2D eigenvalue weighted by molar-refractivity contribution is 5.93. The van der Waals surface area contributed by atoms with Crippen LogP contribution < -0.4 is 4.90 Å². The smallest absolute Gasteiger partial charge is 0.272 e. The van der Waals surface area contributed by atoms with Crippen LogP contribution in [0.15, 0.2) is 60.7 Å². The first-order chi connectivity index (χ1) is 14.2. The number of carbonyl (C=O) groups is 1. The Bertz CT molecular complexity index is 999. The Balaban J connectivity index is 1.75. The molecule has 0 saturated carbocycles. The summed E-state index contributed by atoms with van der Waals surface area (Å²) < 4.78 is 0. The minimum atomic E-state index is -0.0479. The van der Waals surface area contributed by atoms with Crippen molar-refractivity contribution < 1.29 is 4.79 Å². The van der Waals surface area contributed by atoms with Crippen LogP contribution in [0.3, 0.4) is 0 Å². The van der Waals surface area contributed by atoms with Gasteiger partial charge in [-0.05, 0) is 31.4 Å². The van der Waals surface area contributed by atoms with Gasteiger partial charge in [0.25, 0.3) is 5.91 Å². The normalized spacial score (nSPS) is 13.1. The van der Waals surface area contributed by atoms with E-state index in [1.54, 1.807) is 4.90 Å². The van der Waals surface area contributed by atoms with Crippen LogP contribution in [0.25, 0.3) is 11.4 Å². The zero-order chi connectivity index (χ0) is 20.2. The van der Waals surface area contributed by atoms with Crippen LogP contribution in [0.4, 0.5) is 5.82 Å². The lowest BCUT2D eigenvalue weighted by atomic mass is 10.00. The molecule has 2 aromatic carbocycles. The van der Waals surface area contributed by atoms with E-state index in [0.717, 1.165) is 30.9 Å². The summed E-state index contributed by atoms with van der Waals surface area (Å²) in [6.45, 7) is 6.96. The van der Waals surface area contributed by atoms with Gasteiger partial charge >= 0.3 is 0 Å². The van der Waals surface area contributed by atoms with E-state index in [1.807, 2.05) is 50.2 Å². The molecule has 4 rings (SSSR count). The molecule has 29 heavy (non-hydrogen) atoms. The molecule has 0 spiro atoms. The molecule has 0 unspecified atom stereocenters. The fourth-order valence-electron chi connectivity index (χ4n) is 3.79. The average Bonchev–Trinajstić information content (AvgIpc) is 2.79. The third kappa shape index (κ3) is 3.99. The van der Waals surface area contributed by atoms with Gasteiger partial charge in [0.2, 0.25) is 0 Å². The number of hydrogen-bond acceptors (Lipinski definition) is 4. The van der Waals surface area contributed by atoms with Gasteiger partial charge in [-0.25, -0.2) is 9.97 Å². The number of fused-ring (bicyclic) bond motifs is 1. The van der Waals surface area contributed by atoms with Gasteiger partial charge < -0.3 is 9.80 Å². The van der Waals surface area contributed by atoms with Crippen molar-refractivity contribution in [3.8, 4) is 11.4 Å². The molecule has 0 fully saturated rings. The molecule has 2 heterocycles. The monoisotopic (exact) mass is 386 g/mol. The number of benzene rings is 2. The van der Waals surface area contributed by atoms with Crippen LogP contribution in [0, 0.1) is 0 Å². The van der Waals surface area contributed by atoms with Crippen molar-refractivity contribution in [2.24, 2.45) is 0 Å². The van der Waals surface area contributed by atoms with Gasteiger partial charge in [0.1, 0.15) is 11.5 Å². The summed E-state index contributed by atoms with van der Waals surface area (Å²) in [6.07, 6.45) is 0.972. The fourth-order valence-corrected chi connectivity index (χ4v) is 3.79. The van der Waals surface area contributed by atoms with Gasteiger partial charge in [0.15, 0.2) is 5.82 Å². The quantitative estimate of drug-likeness (QED) is 0.660. The van der Waals surface area contributed by atoms with Gasteiger partial charge in [-0.2, -0.15) is 0 Å². The average molecular weight is 386 g/mol. The van der Waals surface area contributed by atoms with Crippen LogP contribution in [-0.2, 0) is 13.0 Å². The zero-order valence-corrected chi connectivity index (χ0v) is 17.0. The molecule has 0 radical (unpaired) electrons. The lowest BCUT2D eigenvalue weighted by Crippen LogP contribution is -2.33. The molecule has 3 aromatic rings. The van der Waals surface area contributed by atoms with E-state index >= 15 is 0 Å². The summed E-state index contributed by atoms with van der Waals surface area (Å²) in [5.41, 5.74) is 4.08. The van der Waals surface area contributed by atoms with Crippen LogP contribution in [0.5, 0.6) is 0 Å². The maximum absolute atomic E-state index is 13.0. The Morgan fingerprint density at radius 1 is 0.966 bits per heavy atom. The van der Waals surface area contributed by atoms with Crippen molar-refractivity contribution in [1.29, 1.82) is 0 Å². The molecule has 1 amide bonds. The third-order valence-corrected chi connectivity index (χ3v) is 5.47. The van der Waals surface area contributed by atoms with E-state index in [-0.39, 0.29) is 5.91 Å². The van der Waals surface area contributed by atoms with E-state index in [2.05, 4.69) is 34.1 Å². The van der Waals surface area contributed by atoms with Crippen molar-refractivity contribution >= 4 is 11.7 Å². The lowest BCUT2D eigenvalue weighted by Gasteiger charge is -2.30. The highest BCUT2D eigenvalue weighted by Crippen LogP contribution is 2.26. The molecule has 5 nitrogen and oxygen atoms in total. The van der Waals surface area contributed by atoms with E-state index in [4.69, 9.17) is 4.98 Å². The first-order valence-electron chi connectivity index (χ1n) is 10.2. The largest absolute Gasteiger partial charge is 0.352 e. The third-order valence-electron chi connectivity index (χ3n) is 5.47. The van der Waals surface area contributed by atoms with Crippen LogP contribution in [0.1, 0.15) is 35.5 Å². The number of aromatic nitrogens is 2. The molecule has 0 bridgehead atoms. The lowest BCUT2D eigenvalue weighted by molar-refractivity contribution is 0.0767. The molecule has 0 aliphatic carbocycles. The Morgan fingerprint density at radius 3 is 2.38 bits per heavy atom.